The van der Waals surface area contributed by atoms with Crippen LogP contribution in [0.4, 0.5) is 0 Å². The topological polar surface area (TPSA) is 146 Å². The molecule has 1 unspecified atom stereocenters. The van der Waals surface area contributed by atoms with Gasteiger partial charge in [-0.1, -0.05) is 18.2 Å². The van der Waals surface area contributed by atoms with Crippen LogP contribution in [0.15, 0.2) is 76.6 Å². The van der Waals surface area contributed by atoms with Gasteiger partial charge in [0.25, 0.3) is 0 Å². The number of sulfonamides is 1. The molecule has 0 aliphatic heterocycles. The van der Waals surface area contributed by atoms with Gasteiger partial charge >= 0.3 is 149 Å². The van der Waals surface area contributed by atoms with Crippen LogP contribution in [0.3, 0.4) is 0 Å². The molecule has 3 aromatic rings. The van der Waals surface area contributed by atoms with E-state index in [4.69, 9.17) is 0 Å². The summed E-state index contributed by atoms with van der Waals surface area (Å²) in [5.74, 6) is 0.0307. The van der Waals surface area contributed by atoms with E-state index >= 15 is 0 Å². The normalized spacial score (nSPS) is 11.5. The summed E-state index contributed by atoms with van der Waals surface area (Å²) in [5, 5.41) is 8.42. The Morgan fingerprint density at radius 1 is 0.921 bits per heavy atom. The van der Waals surface area contributed by atoms with Crippen LogP contribution in [-0.2, 0) is 26.0 Å². The van der Waals surface area contributed by atoms with Crippen LogP contribution in [0.25, 0.3) is 10.4 Å². The Morgan fingerprint density at radius 2 is 1.58 bits per heavy atom. The van der Waals surface area contributed by atoms with Crippen LogP contribution in [0, 0.1) is 0 Å². The van der Waals surface area contributed by atoms with Crippen LogP contribution in [0.2, 0.25) is 0 Å². The summed E-state index contributed by atoms with van der Waals surface area (Å²) in [5.41, 5.74) is 1.79. The van der Waals surface area contributed by atoms with Crippen LogP contribution in [-0.4, -0.2) is 60.1 Å². The molecule has 3 rings (SSSR count). The van der Waals surface area contributed by atoms with Crippen molar-refractivity contribution < 1.29 is 22.6 Å². The molecule has 1 heterocycles. The van der Waals surface area contributed by atoms with Gasteiger partial charge in [0.1, 0.15) is 0 Å². The number of thiophene rings is 1. The molecule has 0 saturated heterocycles. The van der Waals surface area contributed by atoms with E-state index in [1.165, 1.54) is 23.5 Å². The zero-order valence-electron chi connectivity index (χ0n) is 20.7. The minimum absolute atomic E-state index is 0.0576. The molecule has 0 bridgehead atoms. The molecule has 196 valence electrons. The van der Waals surface area contributed by atoms with Crippen LogP contribution >= 0.6 is 11.3 Å². The number of guanidine groups is 1. The van der Waals surface area contributed by atoms with Crippen LogP contribution in [0.5, 0.6) is 0 Å². The zero-order chi connectivity index (χ0) is 27.4. The second kappa shape index (κ2) is 14.5. The molecular formula is C24H27B2N5O5S2. The van der Waals surface area contributed by atoms with E-state index in [0.29, 0.717) is 25.1 Å². The third-order valence-corrected chi connectivity index (χ3v) is 7.93. The van der Waals surface area contributed by atoms with Gasteiger partial charge < -0.3 is 0 Å². The fraction of sp³-hybridized carbons (Fsp3) is 0.250. The fourth-order valence-corrected chi connectivity index (χ4v) is 5.67. The number of nitrogens with one attached hydrogen (secondary N) is 4. The van der Waals surface area contributed by atoms with Gasteiger partial charge in [-0.3, -0.25) is 0 Å². The number of hydrogen-bond donors (Lipinski definition) is 4. The number of hydrogen-bond acceptors (Lipinski definition) is 7. The standard InChI is InChI=1S/C24H27B2N5O5S2/c1-17(31-38(35,36)19-8-3-2-4-9-19)13-27-23(32)22-12-11-21(37-22)20-10-6-5-7-18(20)14-28-24(29-15-25-33)30-16-26-34/h2-12,17,31H,13-16H2,1H3,(H,27,32)(H2,28,29,30). The van der Waals surface area contributed by atoms with E-state index in [0.717, 1.165) is 16.0 Å². The predicted molar refractivity (Wildman–Crippen MR) is 148 cm³/mol. The van der Waals surface area contributed by atoms with Gasteiger partial charge in [0.2, 0.25) is 10.0 Å². The summed E-state index contributed by atoms with van der Waals surface area (Å²) in [6, 6.07) is 18.7. The van der Waals surface area contributed by atoms with Crippen molar-refractivity contribution in [2.24, 2.45) is 4.99 Å². The summed E-state index contributed by atoms with van der Waals surface area (Å²) >= 11 is 1.31. The Bertz CT molecular complexity index is 1370. The number of carbonyl (C=O) groups is 1. The maximum atomic E-state index is 12.8. The Hall–Kier alpha value is -3.48. The monoisotopic (exact) mass is 551 g/mol. The average Bonchev–Trinajstić information content (AvgIpc) is 3.42. The van der Waals surface area contributed by atoms with Crippen LogP contribution < -0.4 is 20.7 Å². The summed E-state index contributed by atoms with van der Waals surface area (Å²) in [4.78, 5) is 18.7. The first-order chi connectivity index (χ1) is 18.3. The largest absolute Gasteiger partial charge is 0.240 e. The molecule has 1 amide bonds. The van der Waals surface area contributed by atoms with Crippen molar-refractivity contribution in [1.82, 2.24) is 20.7 Å². The van der Waals surface area contributed by atoms with Gasteiger partial charge in [-0.2, -0.15) is 0 Å². The molecule has 0 saturated carbocycles. The molecule has 1 atom stereocenters. The molecule has 0 fully saturated rings. The third kappa shape index (κ3) is 8.54. The quantitative estimate of drug-likeness (QED) is 0.143. The van der Waals surface area contributed by atoms with Crippen molar-refractivity contribution in [3.8, 4) is 10.4 Å². The molecule has 38 heavy (non-hydrogen) atoms. The molecular weight excluding hydrogens is 524 g/mol. The first-order valence-electron chi connectivity index (χ1n) is 11.8. The second-order valence-corrected chi connectivity index (χ2v) is 10.9. The van der Waals surface area contributed by atoms with E-state index in [1.54, 1.807) is 31.2 Å². The molecule has 1 aromatic heterocycles. The summed E-state index contributed by atoms with van der Waals surface area (Å²) in [7, 11) is -2.29. The van der Waals surface area contributed by atoms with Gasteiger partial charge in [-0.05, 0) is 19.1 Å². The van der Waals surface area contributed by atoms with Crippen molar-refractivity contribution in [3.63, 3.8) is 0 Å². The Morgan fingerprint density at radius 3 is 2.26 bits per heavy atom. The Labute approximate surface area is 226 Å². The number of rotatable bonds is 13. The first-order valence-corrected chi connectivity index (χ1v) is 14.1. The van der Waals surface area contributed by atoms with Crippen molar-refractivity contribution in [3.05, 3.63) is 77.2 Å². The van der Waals surface area contributed by atoms with Gasteiger partial charge in [0.15, 0.2) is 0 Å². The van der Waals surface area contributed by atoms with Crippen molar-refractivity contribution in [1.29, 1.82) is 0 Å². The molecule has 0 aliphatic carbocycles. The van der Waals surface area contributed by atoms with E-state index in [2.05, 4.69) is 25.7 Å². The van der Waals surface area contributed by atoms with Crippen molar-refractivity contribution >= 4 is 47.5 Å². The molecule has 0 spiro atoms. The molecule has 2 aromatic carbocycles. The first kappa shape index (κ1) is 29.1. The third-order valence-electron chi connectivity index (χ3n) is 5.20. The van der Waals surface area contributed by atoms with E-state index in [9.17, 15) is 22.6 Å². The predicted octanol–water partition coefficient (Wildman–Crippen LogP) is 1.56. The summed E-state index contributed by atoms with van der Waals surface area (Å²) in [6.45, 7) is 2.08. The molecule has 10 nitrogen and oxygen atoms in total. The second-order valence-electron chi connectivity index (χ2n) is 8.13. The van der Waals surface area contributed by atoms with E-state index < -0.39 is 16.1 Å². The molecule has 14 heteroatoms. The molecule has 0 aliphatic rings. The zero-order valence-corrected chi connectivity index (χ0v) is 22.3. The summed E-state index contributed by atoms with van der Waals surface area (Å²) in [6.07, 6.45) is 0.115. The van der Waals surface area contributed by atoms with E-state index in [-0.39, 0.29) is 36.8 Å². The minimum Gasteiger partial charge on any atom is -0.207 e. The number of benzene rings is 2. The van der Waals surface area contributed by atoms with E-state index in [1.807, 2.05) is 30.3 Å². The fourth-order valence-electron chi connectivity index (χ4n) is 3.43. The molecule has 0 radical (unpaired) electrons. The maximum absolute atomic E-state index is 12.8. The Kier molecular flexibility index (Phi) is 11.1. The summed E-state index contributed by atoms with van der Waals surface area (Å²) < 4.78 is 48.9. The number of nitrogens with zero attached hydrogens (tertiary/aromatic N) is 1. The smallest absolute Gasteiger partial charge is 0.207 e. The molecule has 4 N–H and O–H groups in total. The average molecular weight is 551 g/mol. The van der Waals surface area contributed by atoms with Gasteiger partial charge in [0.05, 0.1) is 4.90 Å². The van der Waals surface area contributed by atoms with Gasteiger partial charge in [-0.25, -0.2) is 13.1 Å². The number of carbonyl (C=O) groups excluding carboxylic acids is 1. The maximum Gasteiger partial charge on any atom is 0.240 e. The SMILES string of the molecule is CC(CNC(=O)c1ccc(-c2ccccc2CN=C(NCB=O)NCB=O)s1)NS(=O)(=O)c1ccccc1. The number of amides is 1. The van der Waals surface area contributed by atoms with Gasteiger partial charge in [-0.15, -0.1) is 0 Å². The minimum atomic E-state index is -3.68. The van der Waals surface area contributed by atoms with Crippen molar-refractivity contribution in [2.45, 2.75) is 24.4 Å². The van der Waals surface area contributed by atoms with Crippen molar-refractivity contribution in [2.75, 3.05) is 19.4 Å². The Balaban J connectivity index is 1.64. The number of aliphatic imine (C=N–C) groups is 1. The van der Waals surface area contributed by atoms with Gasteiger partial charge in [0, 0.05) is 12.6 Å². The van der Waals surface area contributed by atoms with Crippen LogP contribution in [0.1, 0.15) is 22.2 Å².